The quantitative estimate of drug-likeness (QED) is 0.469. The molecule has 0 aliphatic carbocycles. The molecule has 0 aliphatic rings. The summed E-state index contributed by atoms with van der Waals surface area (Å²) in [7, 11) is 3.13. The van der Waals surface area contributed by atoms with E-state index < -0.39 is 0 Å². The number of rotatable bonds is 7. The third-order valence-corrected chi connectivity index (χ3v) is 5.07. The van der Waals surface area contributed by atoms with Gasteiger partial charge in [0, 0.05) is 16.5 Å². The molecule has 0 radical (unpaired) electrons. The van der Waals surface area contributed by atoms with E-state index in [-0.39, 0.29) is 18.1 Å². The van der Waals surface area contributed by atoms with Gasteiger partial charge in [0.2, 0.25) is 5.91 Å². The topological polar surface area (TPSA) is 72.8 Å². The van der Waals surface area contributed by atoms with Crippen LogP contribution in [0.2, 0.25) is 0 Å². The molecule has 3 rings (SSSR count). The number of aromatic nitrogens is 1. The Morgan fingerprint density at radius 1 is 1.14 bits per heavy atom. The molecule has 29 heavy (non-hydrogen) atoms. The summed E-state index contributed by atoms with van der Waals surface area (Å²) in [5.74, 6) is 0.628. The second kappa shape index (κ2) is 9.29. The summed E-state index contributed by atoms with van der Waals surface area (Å²) in [6.07, 6.45) is 0.0976. The number of halogens is 1. The first-order chi connectivity index (χ1) is 14.0. The fourth-order valence-electron chi connectivity index (χ4n) is 2.59. The van der Waals surface area contributed by atoms with Crippen LogP contribution in [0, 0.1) is 5.82 Å². The van der Waals surface area contributed by atoms with Gasteiger partial charge in [-0.3, -0.25) is 4.79 Å². The lowest BCUT2D eigenvalue weighted by molar-refractivity contribution is -0.120. The van der Waals surface area contributed by atoms with Gasteiger partial charge in [-0.1, -0.05) is 0 Å². The van der Waals surface area contributed by atoms with Crippen LogP contribution in [0.25, 0.3) is 10.6 Å². The molecule has 0 saturated carbocycles. The standard InChI is InChI=1S/C21H20FN3O3S/c1-13(15-6-9-18(27-2)19(10-15)28-3)24-25-20(26)11-17-12-29-21(23-17)14-4-7-16(22)8-5-14/h4-10,12H,11H2,1-3H3,(H,25,26)/b24-13-. The van der Waals surface area contributed by atoms with Crippen LogP contribution in [-0.4, -0.2) is 30.8 Å². The smallest absolute Gasteiger partial charge is 0.246 e. The van der Waals surface area contributed by atoms with Gasteiger partial charge in [-0.25, -0.2) is 14.8 Å². The normalized spacial score (nSPS) is 11.2. The van der Waals surface area contributed by atoms with Crippen molar-refractivity contribution in [1.29, 1.82) is 0 Å². The molecule has 0 atom stereocenters. The molecule has 1 aromatic heterocycles. The first-order valence-electron chi connectivity index (χ1n) is 8.76. The predicted molar refractivity (Wildman–Crippen MR) is 111 cm³/mol. The molecular formula is C21H20FN3O3S. The van der Waals surface area contributed by atoms with E-state index in [1.807, 2.05) is 11.4 Å². The van der Waals surface area contributed by atoms with Crippen LogP contribution in [0.3, 0.4) is 0 Å². The maximum Gasteiger partial charge on any atom is 0.246 e. The molecule has 0 unspecified atom stereocenters. The van der Waals surface area contributed by atoms with Crippen molar-refractivity contribution in [2.45, 2.75) is 13.3 Å². The molecule has 150 valence electrons. The lowest BCUT2D eigenvalue weighted by Crippen LogP contribution is -2.21. The third-order valence-electron chi connectivity index (χ3n) is 4.13. The highest BCUT2D eigenvalue weighted by Gasteiger charge is 2.10. The van der Waals surface area contributed by atoms with E-state index in [2.05, 4.69) is 15.5 Å². The minimum absolute atomic E-state index is 0.0976. The Hall–Kier alpha value is -3.26. The van der Waals surface area contributed by atoms with Gasteiger partial charge in [-0.05, 0) is 49.4 Å². The second-order valence-corrected chi connectivity index (χ2v) is 6.99. The highest BCUT2D eigenvalue weighted by atomic mass is 32.1. The van der Waals surface area contributed by atoms with Gasteiger partial charge in [0.25, 0.3) is 0 Å². The minimum atomic E-state index is -0.299. The van der Waals surface area contributed by atoms with E-state index in [9.17, 15) is 9.18 Å². The van der Waals surface area contributed by atoms with Crippen LogP contribution < -0.4 is 14.9 Å². The van der Waals surface area contributed by atoms with Gasteiger partial charge in [0.15, 0.2) is 11.5 Å². The van der Waals surface area contributed by atoms with Gasteiger partial charge >= 0.3 is 0 Å². The van der Waals surface area contributed by atoms with Crippen LogP contribution >= 0.6 is 11.3 Å². The fourth-order valence-corrected chi connectivity index (χ4v) is 3.42. The van der Waals surface area contributed by atoms with Crippen LogP contribution in [0.15, 0.2) is 52.9 Å². The van der Waals surface area contributed by atoms with Gasteiger partial charge in [0.1, 0.15) is 10.8 Å². The number of amides is 1. The maximum absolute atomic E-state index is 13.0. The molecule has 2 aromatic carbocycles. The molecule has 3 aromatic rings. The van der Waals surface area contributed by atoms with Gasteiger partial charge < -0.3 is 9.47 Å². The summed E-state index contributed by atoms with van der Waals surface area (Å²) in [5.41, 5.74) is 5.42. The zero-order chi connectivity index (χ0) is 20.8. The van der Waals surface area contributed by atoms with Crippen LogP contribution in [-0.2, 0) is 11.2 Å². The first-order valence-corrected chi connectivity index (χ1v) is 9.64. The molecular weight excluding hydrogens is 393 g/mol. The van der Waals surface area contributed by atoms with Crippen molar-refractivity contribution in [3.8, 4) is 22.1 Å². The zero-order valence-electron chi connectivity index (χ0n) is 16.2. The summed E-state index contributed by atoms with van der Waals surface area (Å²) in [6.45, 7) is 1.79. The van der Waals surface area contributed by atoms with Crippen molar-refractivity contribution in [1.82, 2.24) is 10.4 Å². The van der Waals surface area contributed by atoms with Crippen molar-refractivity contribution >= 4 is 23.0 Å². The van der Waals surface area contributed by atoms with Gasteiger partial charge in [0.05, 0.1) is 32.0 Å². The number of nitrogens with one attached hydrogen (secondary N) is 1. The third kappa shape index (κ3) is 5.17. The number of hydrogen-bond acceptors (Lipinski definition) is 6. The molecule has 8 heteroatoms. The Morgan fingerprint density at radius 3 is 2.55 bits per heavy atom. The number of nitrogens with zero attached hydrogens (tertiary/aromatic N) is 2. The fraction of sp³-hybridized carbons (Fsp3) is 0.190. The number of ether oxygens (including phenoxy) is 2. The number of hydrogen-bond donors (Lipinski definition) is 1. The average Bonchev–Trinajstić information content (AvgIpc) is 3.20. The second-order valence-electron chi connectivity index (χ2n) is 6.13. The van der Waals surface area contributed by atoms with Crippen LogP contribution in [0.1, 0.15) is 18.2 Å². The summed E-state index contributed by atoms with van der Waals surface area (Å²) in [5, 5.41) is 6.69. The highest BCUT2D eigenvalue weighted by molar-refractivity contribution is 7.13. The Balaban J connectivity index is 1.63. The molecule has 0 saturated heterocycles. The molecule has 0 fully saturated rings. The molecule has 0 spiro atoms. The SMILES string of the molecule is COc1ccc(/C(C)=N\NC(=O)Cc2csc(-c3ccc(F)cc3)n2)cc1OC. The highest BCUT2D eigenvalue weighted by Crippen LogP contribution is 2.28. The largest absolute Gasteiger partial charge is 0.493 e. The first kappa shape index (κ1) is 20.5. The summed E-state index contributed by atoms with van der Waals surface area (Å²) >= 11 is 1.40. The van der Waals surface area contributed by atoms with E-state index in [0.29, 0.717) is 22.9 Å². The van der Waals surface area contributed by atoms with E-state index in [1.165, 1.54) is 23.5 Å². The summed E-state index contributed by atoms with van der Waals surface area (Å²) in [6, 6.07) is 11.5. The van der Waals surface area contributed by atoms with Gasteiger partial charge in [-0.15, -0.1) is 11.3 Å². The predicted octanol–water partition coefficient (Wildman–Crippen LogP) is 4.05. The van der Waals surface area contributed by atoms with Crippen LogP contribution in [0.4, 0.5) is 4.39 Å². The number of benzene rings is 2. The minimum Gasteiger partial charge on any atom is -0.493 e. The molecule has 6 nitrogen and oxygen atoms in total. The lowest BCUT2D eigenvalue weighted by Gasteiger charge is -2.09. The lowest BCUT2D eigenvalue weighted by atomic mass is 10.1. The number of carbonyl (C=O) groups is 1. The summed E-state index contributed by atoms with van der Waals surface area (Å²) < 4.78 is 23.5. The molecule has 0 bridgehead atoms. The average molecular weight is 413 g/mol. The zero-order valence-corrected chi connectivity index (χ0v) is 17.0. The molecule has 1 heterocycles. The van der Waals surface area contributed by atoms with Crippen molar-refractivity contribution in [3.63, 3.8) is 0 Å². The van der Waals surface area contributed by atoms with Crippen LogP contribution in [0.5, 0.6) is 11.5 Å². The molecule has 0 aliphatic heterocycles. The van der Waals surface area contributed by atoms with Crippen molar-refractivity contribution in [3.05, 3.63) is 64.9 Å². The van der Waals surface area contributed by atoms with E-state index in [1.54, 1.807) is 45.4 Å². The van der Waals surface area contributed by atoms with E-state index >= 15 is 0 Å². The number of hydrazone groups is 1. The molecule has 1 amide bonds. The van der Waals surface area contributed by atoms with E-state index in [4.69, 9.17) is 9.47 Å². The van der Waals surface area contributed by atoms with Crippen molar-refractivity contribution in [2.24, 2.45) is 5.10 Å². The Kier molecular flexibility index (Phi) is 6.56. The summed E-state index contributed by atoms with van der Waals surface area (Å²) in [4.78, 5) is 16.6. The van der Waals surface area contributed by atoms with Gasteiger partial charge in [-0.2, -0.15) is 5.10 Å². The Bertz CT molecular complexity index is 1030. The Morgan fingerprint density at radius 2 is 1.86 bits per heavy atom. The monoisotopic (exact) mass is 413 g/mol. The Labute approximate surface area is 172 Å². The maximum atomic E-state index is 13.0. The number of methoxy groups -OCH3 is 2. The number of carbonyl (C=O) groups excluding carboxylic acids is 1. The number of thiazole rings is 1. The molecule has 1 N–H and O–H groups in total. The van der Waals surface area contributed by atoms with Crippen molar-refractivity contribution < 1.29 is 18.7 Å². The van der Waals surface area contributed by atoms with E-state index in [0.717, 1.165) is 16.1 Å². The van der Waals surface area contributed by atoms with Crippen molar-refractivity contribution in [2.75, 3.05) is 14.2 Å².